The van der Waals surface area contributed by atoms with Crippen molar-refractivity contribution >= 4 is 43.6 Å². The first-order chi connectivity index (χ1) is 29.7. The maximum absolute atomic E-state index is 11.9. The first-order valence-electron chi connectivity index (χ1n) is 20.1. The van der Waals surface area contributed by atoms with E-state index in [1.165, 1.54) is 0 Å². The van der Waals surface area contributed by atoms with Crippen molar-refractivity contribution in [1.29, 1.82) is 10.5 Å². The van der Waals surface area contributed by atoms with Crippen LogP contribution in [0.3, 0.4) is 0 Å². The number of fused-ring (bicyclic) bond motifs is 6. The van der Waals surface area contributed by atoms with Crippen LogP contribution in [0.2, 0.25) is 0 Å². The van der Waals surface area contributed by atoms with Crippen molar-refractivity contribution in [2.45, 2.75) is 0 Å². The molecule has 0 spiro atoms. The highest BCUT2D eigenvalue weighted by molar-refractivity contribution is 6.13. The molecule has 0 amide bonds. The molecule has 0 unspecified atom stereocenters. The van der Waals surface area contributed by atoms with Crippen molar-refractivity contribution in [1.82, 2.24) is 9.13 Å². The minimum atomic E-state index is 0.479. The molecule has 11 aromatic rings. The molecule has 2 heterocycles. The monoisotopic (exact) mass is 762 g/mol. The molecule has 4 nitrogen and oxygen atoms in total. The molecule has 0 radical (unpaired) electrons. The minimum Gasteiger partial charge on any atom is -0.307 e. The lowest BCUT2D eigenvalue weighted by Gasteiger charge is -2.25. The van der Waals surface area contributed by atoms with Gasteiger partial charge in [-0.3, -0.25) is 0 Å². The second kappa shape index (κ2) is 14.2. The summed E-state index contributed by atoms with van der Waals surface area (Å²) in [5.41, 5.74) is 13.5. The van der Waals surface area contributed by atoms with E-state index in [1.807, 2.05) is 60.7 Å². The van der Waals surface area contributed by atoms with Gasteiger partial charge in [-0.15, -0.1) is 0 Å². The van der Waals surface area contributed by atoms with Gasteiger partial charge in [0.1, 0.15) is 12.1 Å². The third-order valence-corrected chi connectivity index (χ3v) is 11.8. The van der Waals surface area contributed by atoms with Gasteiger partial charge in [-0.25, -0.2) is 0 Å². The number of aromatic nitrogens is 2. The Balaban J connectivity index is 1.34. The van der Waals surface area contributed by atoms with Gasteiger partial charge in [0.15, 0.2) is 0 Å². The second-order valence-electron chi connectivity index (χ2n) is 15.0. The highest BCUT2D eigenvalue weighted by atomic mass is 15.0. The number of nitrogens with zero attached hydrogens (tertiary/aromatic N) is 4. The number of rotatable bonds is 6. The molecular weight excluding hydrogens is 729 g/mol. The predicted octanol–water partition coefficient (Wildman–Crippen LogP) is 14.3. The highest BCUT2D eigenvalue weighted by Gasteiger charge is 2.31. The van der Waals surface area contributed by atoms with Crippen molar-refractivity contribution in [2.24, 2.45) is 0 Å². The minimum absolute atomic E-state index is 0.479. The summed E-state index contributed by atoms with van der Waals surface area (Å²) in [6.45, 7) is 0. The fourth-order valence-corrected chi connectivity index (χ4v) is 9.20. The van der Waals surface area contributed by atoms with Gasteiger partial charge in [0, 0.05) is 32.7 Å². The summed E-state index contributed by atoms with van der Waals surface area (Å²) >= 11 is 0. The van der Waals surface area contributed by atoms with Crippen LogP contribution in [-0.4, -0.2) is 9.13 Å². The lowest BCUT2D eigenvalue weighted by atomic mass is 9.85. The number of hydrogen-bond acceptors (Lipinski definition) is 2. The molecule has 0 saturated carbocycles. The molecule has 4 heteroatoms. The lowest BCUT2D eigenvalue weighted by Crippen LogP contribution is -2.11. The maximum atomic E-state index is 11.9. The Kier molecular flexibility index (Phi) is 8.22. The molecule has 0 fully saturated rings. The van der Waals surface area contributed by atoms with Gasteiger partial charge in [-0.2, -0.15) is 10.5 Å². The fourth-order valence-electron chi connectivity index (χ4n) is 9.20. The van der Waals surface area contributed by atoms with Crippen molar-refractivity contribution in [3.63, 3.8) is 0 Å². The summed E-state index contributed by atoms with van der Waals surface area (Å²) in [4.78, 5) is 0. The van der Waals surface area contributed by atoms with E-state index in [4.69, 9.17) is 0 Å². The van der Waals surface area contributed by atoms with Crippen LogP contribution in [0.4, 0.5) is 0 Å². The van der Waals surface area contributed by atoms with Gasteiger partial charge in [0.05, 0.1) is 44.6 Å². The zero-order valence-corrected chi connectivity index (χ0v) is 32.4. The van der Waals surface area contributed by atoms with Crippen LogP contribution in [0.15, 0.2) is 206 Å². The Labute approximate surface area is 347 Å². The van der Waals surface area contributed by atoms with Crippen LogP contribution in [0.25, 0.3) is 99.5 Å². The molecule has 0 aliphatic heterocycles. The van der Waals surface area contributed by atoms with Crippen molar-refractivity contribution in [3.05, 3.63) is 217 Å². The van der Waals surface area contributed by atoms with E-state index in [-0.39, 0.29) is 0 Å². The van der Waals surface area contributed by atoms with Crippen LogP contribution < -0.4 is 0 Å². The van der Waals surface area contributed by atoms with Gasteiger partial charge in [0.25, 0.3) is 0 Å². The molecule has 278 valence electrons. The zero-order chi connectivity index (χ0) is 40.2. The normalized spacial score (nSPS) is 11.3. The predicted molar refractivity (Wildman–Crippen MR) is 246 cm³/mol. The smallest absolute Gasteiger partial charge is 0.102 e. The third kappa shape index (κ3) is 5.37. The molecule has 0 saturated heterocycles. The maximum Gasteiger partial charge on any atom is 0.102 e. The topological polar surface area (TPSA) is 57.4 Å². The Morgan fingerprint density at radius 1 is 0.267 bits per heavy atom. The van der Waals surface area contributed by atoms with Crippen LogP contribution in [-0.2, 0) is 0 Å². The average Bonchev–Trinajstić information content (AvgIpc) is 3.84. The number of para-hydroxylation sites is 4. The van der Waals surface area contributed by atoms with Gasteiger partial charge >= 0.3 is 0 Å². The van der Waals surface area contributed by atoms with E-state index in [0.717, 1.165) is 77.0 Å². The van der Waals surface area contributed by atoms with Gasteiger partial charge in [0.2, 0.25) is 0 Å². The van der Waals surface area contributed by atoms with E-state index >= 15 is 0 Å². The van der Waals surface area contributed by atoms with Gasteiger partial charge in [-0.05, 0) is 57.6 Å². The summed E-state index contributed by atoms with van der Waals surface area (Å²) in [6.07, 6.45) is 0. The molecule has 0 aliphatic carbocycles. The Morgan fingerprint density at radius 3 is 0.817 bits per heavy atom. The molecule has 0 atom stereocenters. The van der Waals surface area contributed by atoms with Crippen LogP contribution >= 0.6 is 0 Å². The fraction of sp³-hybridized carbons (Fsp3) is 0. The summed E-state index contributed by atoms with van der Waals surface area (Å²) in [7, 11) is 0. The first-order valence-corrected chi connectivity index (χ1v) is 20.1. The van der Waals surface area contributed by atoms with Crippen LogP contribution in [0.1, 0.15) is 11.1 Å². The first kappa shape index (κ1) is 34.8. The van der Waals surface area contributed by atoms with Gasteiger partial charge < -0.3 is 9.13 Å². The zero-order valence-electron chi connectivity index (χ0n) is 32.4. The highest BCUT2D eigenvalue weighted by Crippen LogP contribution is 2.48. The standard InChI is InChI=1S/C56H34N4/c57-35-47-53(41-31-27-39(28-32-41)37-15-3-1-4-16-37)55(59-49-23-11-7-19-43(49)44-20-8-12-24-50(44)59)48(36-58)54(42-33-29-40(30-34-42)38-17-5-2-6-18-38)56(47)60-51-25-13-9-21-45(51)46-22-10-14-26-52(46)60/h1-34H. The second-order valence-corrected chi connectivity index (χ2v) is 15.0. The molecule has 0 bridgehead atoms. The molecule has 11 rings (SSSR count). The van der Waals surface area contributed by atoms with Crippen molar-refractivity contribution in [2.75, 3.05) is 0 Å². The Morgan fingerprint density at radius 2 is 0.517 bits per heavy atom. The number of benzene rings is 9. The molecule has 0 N–H and O–H groups in total. The summed E-state index contributed by atoms with van der Waals surface area (Å²) in [6, 6.07) is 76.4. The summed E-state index contributed by atoms with van der Waals surface area (Å²) in [5, 5.41) is 28.0. The number of hydrogen-bond donors (Lipinski definition) is 0. The van der Waals surface area contributed by atoms with Crippen LogP contribution in [0, 0.1) is 22.7 Å². The van der Waals surface area contributed by atoms with Gasteiger partial charge in [-0.1, -0.05) is 182 Å². The van der Waals surface area contributed by atoms with E-state index in [9.17, 15) is 10.5 Å². The lowest BCUT2D eigenvalue weighted by molar-refractivity contribution is 1.13. The Hall–Kier alpha value is -8.44. The van der Waals surface area contributed by atoms with Crippen molar-refractivity contribution in [3.8, 4) is 68.0 Å². The van der Waals surface area contributed by atoms with E-state index in [0.29, 0.717) is 33.6 Å². The molecule has 60 heavy (non-hydrogen) atoms. The Bertz CT molecular complexity index is 3180. The quantitative estimate of drug-likeness (QED) is 0.169. The third-order valence-electron chi connectivity index (χ3n) is 11.8. The molecule has 9 aromatic carbocycles. The summed E-state index contributed by atoms with van der Waals surface area (Å²) < 4.78 is 4.42. The molecular formula is C56H34N4. The van der Waals surface area contributed by atoms with E-state index < -0.39 is 0 Å². The average molecular weight is 763 g/mol. The summed E-state index contributed by atoms with van der Waals surface area (Å²) in [5.74, 6) is 0. The largest absolute Gasteiger partial charge is 0.307 e. The van der Waals surface area contributed by atoms with E-state index in [2.05, 4.69) is 167 Å². The van der Waals surface area contributed by atoms with Crippen molar-refractivity contribution < 1.29 is 0 Å². The SMILES string of the molecule is N#Cc1c(-c2ccc(-c3ccccc3)cc2)c(-n2c3ccccc3c3ccccc32)c(C#N)c(-c2ccc(-c3ccccc3)cc2)c1-n1c2ccccc2c2ccccc21. The molecule has 0 aliphatic rings. The van der Waals surface area contributed by atoms with E-state index in [1.54, 1.807) is 0 Å². The molecule has 2 aromatic heterocycles. The number of nitriles is 2. The van der Waals surface area contributed by atoms with Crippen LogP contribution in [0.5, 0.6) is 0 Å².